The zero-order chi connectivity index (χ0) is 13.5. The number of ether oxygens (including phenoxy) is 2. The van der Waals surface area contributed by atoms with E-state index in [1.54, 1.807) is 0 Å². The predicted octanol–water partition coefficient (Wildman–Crippen LogP) is 3.32. The maximum atomic E-state index is 12.3. The number of ketones is 1. The first kappa shape index (κ1) is 13.6. The van der Waals surface area contributed by atoms with Crippen molar-refractivity contribution in [1.82, 2.24) is 0 Å². The van der Waals surface area contributed by atoms with Gasteiger partial charge < -0.3 is 9.47 Å². The van der Waals surface area contributed by atoms with Crippen molar-refractivity contribution in [1.29, 1.82) is 0 Å². The second-order valence-electron chi connectivity index (χ2n) is 6.73. The number of carbonyl (C=O) groups excluding carboxylic acids is 1. The van der Waals surface area contributed by atoms with Gasteiger partial charge in [0.2, 0.25) is 0 Å². The Morgan fingerprint density at radius 3 is 2.68 bits per heavy atom. The normalized spacial score (nSPS) is 41.5. The lowest BCUT2D eigenvalue weighted by Gasteiger charge is -2.56. The van der Waals surface area contributed by atoms with Crippen LogP contribution in [-0.2, 0) is 14.3 Å². The van der Waals surface area contributed by atoms with Gasteiger partial charge in [0.15, 0.2) is 5.79 Å². The van der Waals surface area contributed by atoms with Crippen LogP contribution in [0.3, 0.4) is 0 Å². The quantitative estimate of drug-likeness (QED) is 0.769. The van der Waals surface area contributed by atoms with Gasteiger partial charge in [0, 0.05) is 24.2 Å². The van der Waals surface area contributed by atoms with Crippen LogP contribution in [0.15, 0.2) is 0 Å². The van der Waals surface area contributed by atoms with Crippen LogP contribution in [0.5, 0.6) is 0 Å². The summed E-state index contributed by atoms with van der Waals surface area (Å²) < 4.78 is 12.2. The lowest BCUT2D eigenvalue weighted by Crippen LogP contribution is -2.59. The molecular formula is C16H26O3. The van der Waals surface area contributed by atoms with Crippen LogP contribution in [-0.4, -0.2) is 24.8 Å². The van der Waals surface area contributed by atoms with E-state index in [9.17, 15) is 4.79 Å². The summed E-state index contributed by atoms with van der Waals surface area (Å²) in [5, 5.41) is 0. The summed E-state index contributed by atoms with van der Waals surface area (Å²) in [5.41, 5.74) is 0.0372. The SMILES string of the molecule is CCC[C@H]1C(=O)CC[C@]2(C)[C@@H]1CCCC21OCCO1. The third-order valence-electron chi connectivity index (χ3n) is 5.85. The van der Waals surface area contributed by atoms with Crippen molar-refractivity contribution in [2.45, 2.75) is 64.6 Å². The van der Waals surface area contributed by atoms with Gasteiger partial charge in [0.05, 0.1) is 13.2 Å². The molecule has 0 aromatic rings. The van der Waals surface area contributed by atoms with Gasteiger partial charge in [-0.05, 0) is 31.6 Å². The highest BCUT2D eigenvalue weighted by molar-refractivity contribution is 5.82. The third kappa shape index (κ3) is 1.89. The maximum Gasteiger partial charge on any atom is 0.174 e. The number of hydrogen-bond donors (Lipinski definition) is 0. The molecule has 0 radical (unpaired) electrons. The zero-order valence-electron chi connectivity index (χ0n) is 12.2. The van der Waals surface area contributed by atoms with E-state index in [0.717, 1.165) is 32.1 Å². The van der Waals surface area contributed by atoms with Gasteiger partial charge >= 0.3 is 0 Å². The van der Waals surface area contributed by atoms with E-state index >= 15 is 0 Å². The average Bonchev–Trinajstić information content (AvgIpc) is 2.86. The van der Waals surface area contributed by atoms with Crippen molar-refractivity contribution < 1.29 is 14.3 Å². The summed E-state index contributed by atoms with van der Waals surface area (Å²) in [4.78, 5) is 12.3. The lowest BCUT2D eigenvalue weighted by molar-refractivity contribution is -0.279. The van der Waals surface area contributed by atoms with Crippen molar-refractivity contribution in [3.8, 4) is 0 Å². The van der Waals surface area contributed by atoms with E-state index in [4.69, 9.17) is 9.47 Å². The smallest absolute Gasteiger partial charge is 0.174 e. The molecule has 1 heterocycles. The van der Waals surface area contributed by atoms with E-state index in [1.165, 1.54) is 6.42 Å². The Morgan fingerprint density at radius 2 is 2.00 bits per heavy atom. The van der Waals surface area contributed by atoms with Gasteiger partial charge in [-0.1, -0.05) is 20.3 Å². The fourth-order valence-corrected chi connectivity index (χ4v) is 4.86. The predicted molar refractivity (Wildman–Crippen MR) is 72.7 cm³/mol. The fraction of sp³-hybridized carbons (Fsp3) is 0.938. The van der Waals surface area contributed by atoms with E-state index in [0.29, 0.717) is 31.3 Å². The van der Waals surface area contributed by atoms with Crippen molar-refractivity contribution in [3.63, 3.8) is 0 Å². The Labute approximate surface area is 116 Å². The van der Waals surface area contributed by atoms with Gasteiger partial charge in [-0.3, -0.25) is 4.79 Å². The van der Waals surface area contributed by atoms with Crippen molar-refractivity contribution in [2.75, 3.05) is 13.2 Å². The summed E-state index contributed by atoms with van der Waals surface area (Å²) in [6, 6.07) is 0. The average molecular weight is 266 g/mol. The Kier molecular flexibility index (Phi) is 3.46. The molecule has 0 bridgehead atoms. The molecule has 0 amide bonds. The minimum Gasteiger partial charge on any atom is -0.347 e. The van der Waals surface area contributed by atoms with E-state index in [1.807, 2.05) is 0 Å². The molecule has 1 spiro atoms. The minimum atomic E-state index is -0.386. The summed E-state index contributed by atoms with van der Waals surface area (Å²) in [6.45, 7) is 5.93. The monoisotopic (exact) mass is 266 g/mol. The van der Waals surface area contributed by atoms with Crippen LogP contribution in [0.4, 0.5) is 0 Å². The molecule has 2 aliphatic carbocycles. The van der Waals surface area contributed by atoms with Crippen LogP contribution in [0.1, 0.15) is 58.8 Å². The molecule has 1 aliphatic heterocycles. The molecule has 108 valence electrons. The molecule has 1 saturated heterocycles. The molecule has 2 saturated carbocycles. The minimum absolute atomic E-state index is 0.0372. The van der Waals surface area contributed by atoms with Gasteiger partial charge in [-0.15, -0.1) is 0 Å². The summed E-state index contributed by atoms with van der Waals surface area (Å²) >= 11 is 0. The number of rotatable bonds is 2. The van der Waals surface area contributed by atoms with E-state index < -0.39 is 0 Å². The molecule has 3 aliphatic rings. The Hall–Kier alpha value is -0.410. The maximum absolute atomic E-state index is 12.3. The molecule has 19 heavy (non-hydrogen) atoms. The van der Waals surface area contributed by atoms with E-state index in [2.05, 4.69) is 13.8 Å². The van der Waals surface area contributed by atoms with Crippen LogP contribution < -0.4 is 0 Å². The van der Waals surface area contributed by atoms with Crippen molar-refractivity contribution in [3.05, 3.63) is 0 Å². The number of fused-ring (bicyclic) bond motifs is 2. The number of Topliss-reactive ketones (excluding diaryl/α,β-unsaturated/α-hetero) is 1. The van der Waals surface area contributed by atoms with E-state index in [-0.39, 0.29) is 17.1 Å². The summed E-state index contributed by atoms with van der Waals surface area (Å²) in [7, 11) is 0. The standard InChI is InChI=1S/C16H26O3/c1-3-5-12-13-6-4-8-16(18-10-11-19-16)15(13,2)9-7-14(12)17/h12-13H,3-11H2,1-2H3/t12-,13-,15-/m1/s1. The molecule has 3 fully saturated rings. The Balaban J connectivity index is 1.93. The molecule has 3 atom stereocenters. The third-order valence-corrected chi connectivity index (χ3v) is 5.85. The summed E-state index contributed by atoms with van der Waals surface area (Å²) in [6.07, 6.45) is 7.10. The lowest BCUT2D eigenvalue weighted by atomic mass is 9.53. The molecule has 0 aromatic heterocycles. The first-order valence-corrected chi connectivity index (χ1v) is 7.93. The molecule has 3 rings (SSSR count). The first-order valence-electron chi connectivity index (χ1n) is 7.93. The fourth-order valence-electron chi connectivity index (χ4n) is 4.86. The summed E-state index contributed by atoms with van der Waals surface area (Å²) in [5.74, 6) is 0.802. The Bertz CT molecular complexity index is 359. The van der Waals surface area contributed by atoms with Gasteiger partial charge in [0.1, 0.15) is 5.78 Å². The molecule has 0 N–H and O–H groups in total. The van der Waals surface area contributed by atoms with Crippen molar-refractivity contribution in [2.24, 2.45) is 17.3 Å². The highest BCUT2D eigenvalue weighted by Crippen LogP contribution is 2.59. The zero-order valence-corrected chi connectivity index (χ0v) is 12.2. The second-order valence-corrected chi connectivity index (χ2v) is 6.73. The molecule has 3 nitrogen and oxygen atoms in total. The highest BCUT2D eigenvalue weighted by Gasteiger charge is 2.61. The molecule has 3 heteroatoms. The van der Waals surface area contributed by atoms with Gasteiger partial charge in [-0.2, -0.15) is 0 Å². The van der Waals surface area contributed by atoms with Gasteiger partial charge in [-0.25, -0.2) is 0 Å². The van der Waals surface area contributed by atoms with Gasteiger partial charge in [0.25, 0.3) is 0 Å². The second kappa shape index (κ2) is 4.85. The first-order chi connectivity index (χ1) is 9.13. The topological polar surface area (TPSA) is 35.5 Å². The largest absolute Gasteiger partial charge is 0.347 e. The van der Waals surface area contributed by atoms with Crippen LogP contribution in [0.25, 0.3) is 0 Å². The highest BCUT2D eigenvalue weighted by atomic mass is 16.7. The van der Waals surface area contributed by atoms with Crippen LogP contribution in [0, 0.1) is 17.3 Å². The molecule has 0 aromatic carbocycles. The van der Waals surface area contributed by atoms with Crippen LogP contribution >= 0.6 is 0 Å². The molecular weight excluding hydrogens is 240 g/mol. The Morgan fingerprint density at radius 1 is 1.26 bits per heavy atom. The van der Waals surface area contributed by atoms with Crippen molar-refractivity contribution >= 4 is 5.78 Å². The number of carbonyl (C=O) groups is 1. The molecule has 0 unspecified atom stereocenters. The number of hydrogen-bond acceptors (Lipinski definition) is 3. The van der Waals surface area contributed by atoms with Crippen LogP contribution in [0.2, 0.25) is 0 Å².